The number of pyridine rings is 1. The van der Waals surface area contributed by atoms with Crippen molar-refractivity contribution in [2.24, 2.45) is 0 Å². The molecule has 1 aliphatic heterocycles. The topological polar surface area (TPSA) is 25.4 Å². The van der Waals surface area contributed by atoms with Gasteiger partial charge in [-0.1, -0.05) is 0 Å². The lowest BCUT2D eigenvalue weighted by Crippen LogP contribution is -2.29. The molecule has 0 amide bonds. The van der Waals surface area contributed by atoms with Crippen LogP contribution in [0.15, 0.2) is 12.3 Å². The molecule has 0 unspecified atom stereocenters. The third-order valence-electron chi connectivity index (χ3n) is 1.85. The average Bonchev–Trinajstić information content (AvgIpc) is 2.04. The third-order valence-corrected chi connectivity index (χ3v) is 1.85. The van der Waals surface area contributed by atoms with E-state index in [2.05, 4.69) is 4.98 Å². The van der Waals surface area contributed by atoms with Gasteiger partial charge in [0.2, 0.25) is 0 Å². The maximum atomic E-state index is 12.7. The van der Waals surface area contributed by atoms with Crippen molar-refractivity contribution < 1.29 is 9.13 Å². The number of ether oxygens (including phenoxy) is 1. The van der Waals surface area contributed by atoms with Crippen LogP contribution in [0, 0.1) is 5.82 Å². The zero-order chi connectivity index (χ0) is 8.55. The van der Waals surface area contributed by atoms with Crippen molar-refractivity contribution in [1.82, 2.24) is 4.98 Å². The summed E-state index contributed by atoms with van der Waals surface area (Å²) in [6.07, 6.45) is 1.20. The van der Waals surface area contributed by atoms with Crippen molar-refractivity contribution in [3.05, 3.63) is 18.1 Å². The second kappa shape index (κ2) is 2.62. The molecule has 0 spiro atoms. The van der Waals surface area contributed by atoms with Gasteiger partial charge in [0.25, 0.3) is 0 Å². The molecule has 0 atom stereocenters. The molecule has 0 saturated carbocycles. The van der Waals surface area contributed by atoms with Gasteiger partial charge >= 0.3 is 0 Å². The second-order valence-electron chi connectivity index (χ2n) is 2.75. The van der Waals surface area contributed by atoms with Gasteiger partial charge in [-0.2, -0.15) is 0 Å². The monoisotopic (exact) mass is 168 g/mol. The molecule has 0 fully saturated rings. The number of fused-ring (bicyclic) bond motifs is 1. The predicted molar refractivity (Wildman–Crippen MR) is 43.0 cm³/mol. The molecule has 0 N–H and O–H groups in total. The molecule has 4 heteroatoms. The van der Waals surface area contributed by atoms with E-state index >= 15 is 0 Å². The van der Waals surface area contributed by atoms with Gasteiger partial charge in [0.05, 0.1) is 12.7 Å². The minimum atomic E-state index is -0.357. The van der Waals surface area contributed by atoms with E-state index in [9.17, 15) is 4.39 Å². The van der Waals surface area contributed by atoms with E-state index in [-0.39, 0.29) is 5.82 Å². The summed E-state index contributed by atoms with van der Waals surface area (Å²) < 4.78 is 17.9. The highest BCUT2D eigenvalue weighted by molar-refractivity contribution is 5.52. The normalized spacial score (nSPS) is 15.3. The van der Waals surface area contributed by atoms with Gasteiger partial charge < -0.3 is 9.64 Å². The number of hydrogen-bond acceptors (Lipinski definition) is 3. The summed E-state index contributed by atoms with van der Waals surface area (Å²) in [6.45, 7) is 1.39. The highest BCUT2D eigenvalue weighted by atomic mass is 19.1. The lowest BCUT2D eigenvalue weighted by atomic mass is 10.3. The summed E-state index contributed by atoms with van der Waals surface area (Å²) in [5, 5.41) is 0. The number of likely N-dealkylation sites (N-methyl/N-ethyl adjacent to an activating group) is 1. The van der Waals surface area contributed by atoms with Crippen molar-refractivity contribution in [1.29, 1.82) is 0 Å². The van der Waals surface area contributed by atoms with E-state index in [1.165, 1.54) is 12.3 Å². The summed E-state index contributed by atoms with van der Waals surface area (Å²) in [4.78, 5) is 5.87. The van der Waals surface area contributed by atoms with Crippen molar-refractivity contribution in [3.63, 3.8) is 0 Å². The Morgan fingerprint density at radius 3 is 3.33 bits per heavy atom. The van der Waals surface area contributed by atoms with Gasteiger partial charge in [-0.05, 0) is 0 Å². The molecule has 2 heterocycles. The lowest BCUT2D eigenvalue weighted by molar-refractivity contribution is 0.307. The van der Waals surface area contributed by atoms with Crippen LogP contribution in [0.3, 0.4) is 0 Å². The molecule has 0 saturated heterocycles. The first kappa shape index (κ1) is 7.34. The molecule has 12 heavy (non-hydrogen) atoms. The van der Waals surface area contributed by atoms with Crippen molar-refractivity contribution in [2.45, 2.75) is 0 Å². The van der Waals surface area contributed by atoms with Gasteiger partial charge in [-0.15, -0.1) is 0 Å². The SMILES string of the molecule is CN1CCOc2cc(F)cnc21. The van der Waals surface area contributed by atoms with E-state index in [1.807, 2.05) is 11.9 Å². The van der Waals surface area contributed by atoms with Crippen molar-refractivity contribution in [3.8, 4) is 5.75 Å². The molecule has 1 aromatic heterocycles. The van der Waals surface area contributed by atoms with Crippen LogP contribution in [-0.2, 0) is 0 Å². The standard InChI is InChI=1S/C8H9FN2O/c1-11-2-3-12-7-4-6(9)5-10-8(7)11/h4-5H,2-3H2,1H3. The summed E-state index contributed by atoms with van der Waals surface area (Å²) in [5.74, 6) is 0.885. The predicted octanol–water partition coefficient (Wildman–Crippen LogP) is 1.05. The Bertz CT molecular complexity index is 303. The van der Waals surface area contributed by atoms with E-state index in [0.29, 0.717) is 18.2 Å². The molecule has 0 bridgehead atoms. The Morgan fingerprint density at radius 1 is 1.67 bits per heavy atom. The van der Waals surface area contributed by atoms with Crippen LogP contribution >= 0.6 is 0 Å². The molecular weight excluding hydrogens is 159 g/mol. The Hall–Kier alpha value is -1.32. The van der Waals surface area contributed by atoms with E-state index in [4.69, 9.17) is 4.74 Å². The quantitative estimate of drug-likeness (QED) is 0.579. The number of aromatic nitrogens is 1. The Kier molecular flexibility index (Phi) is 1.60. The van der Waals surface area contributed by atoms with Crippen LogP contribution in [0.25, 0.3) is 0 Å². The van der Waals surface area contributed by atoms with E-state index < -0.39 is 0 Å². The molecule has 1 aromatic rings. The van der Waals surface area contributed by atoms with Crippen LogP contribution < -0.4 is 9.64 Å². The largest absolute Gasteiger partial charge is 0.488 e. The Labute approximate surface area is 69.8 Å². The number of rotatable bonds is 0. The third kappa shape index (κ3) is 1.09. The zero-order valence-corrected chi connectivity index (χ0v) is 6.75. The van der Waals surface area contributed by atoms with Gasteiger partial charge in [0.1, 0.15) is 12.4 Å². The van der Waals surface area contributed by atoms with E-state index in [1.54, 1.807) is 0 Å². The smallest absolute Gasteiger partial charge is 0.171 e. The number of nitrogens with zero attached hydrogens (tertiary/aromatic N) is 2. The summed E-state index contributed by atoms with van der Waals surface area (Å²) in [6, 6.07) is 1.36. The fourth-order valence-electron chi connectivity index (χ4n) is 1.20. The minimum Gasteiger partial charge on any atom is -0.488 e. The van der Waals surface area contributed by atoms with Crippen LogP contribution in [-0.4, -0.2) is 25.2 Å². The van der Waals surface area contributed by atoms with Crippen molar-refractivity contribution in [2.75, 3.05) is 25.1 Å². The first-order chi connectivity index (χ1) is 5.77. The van der Waals surface area contributed by atoms with Crippen molar-refractivity contribution >= 4 is 5.82 Å². The van der Waals surface area contributed by atoms with Crippen LogP contribution in [0.4, 0.5) is 10.2 Å². The lowest BCUT2D eigenvalue weighted by Gasteiger charge is -2.25. The van der Waals surface area contributed by atoms with Gasteiger partial charge in [-0.3, -0.25) is 0 Å². The fourth-order valence-corrected chi connectivity index (χ4v) is 1.20. The first-order valence-electron chi connectivity index (χ1n) is 3.77. The molecule has 0 aliphatic carbocycles. The number of anilines is 1. The maximum absolute atomic E-state index is 12.7. The molecule has 0 radical (unpaired) electrons. The highest BCUT2D eigenvalue weighted by Gasteiger charge is 2.16. The first-order valence-corrected chi connectivity index (χ1v) is 3.77. The summed E-state index contributed by atoms with van der Waals surface area (Å²) >= 11 is 0. The second-order valence-corrected chi connectivity index (χ2v) is 2.75. The zero-order valence-electron chi connectivity index (χ0n) is 6.75. The molecular formula is C8H9FN2O. The molecule has 0 aromatic carbocycles. The van der Waals surface area contributed by atoms with Gasteiger partial charge in [0, 0.05) is 13.1 Å². The maximum Gasteiger partial charge on any atom is 0.171 e. The highest BCUT2D eigenvalue weighted by Crippen LogP contribution is 2.27. The summed E-state index contributed by atoms with van der Waals surface area (Å²) in [7, 11) is 1.91. The minimum absolute atomic E-state index is 0.357. The van der Waals surface area contributed by atoms with Crippen LogP contribution in [0.5, 0.6) is 5.75 Å². The van der Waals surface area contributed by atoms with Gasteiger partial charge in [-0.25, -0.2) is 9.37 Å². The molecule has 2 rings (SSSR count). The van der Waals surface area contributed by atoms with Crippen LogP contribution in [0.1, 0.15) is 0 Å². The molecule has 64 valence electrons. The number of halogens is 1. The molecule has 1 aliphatic rings. The Balaban J connectivity index is 2.46. The van der Waals surface area contributed by atoms with Gasteiger partial charge in [0.15, 0.2) is 11.6 Å². The molecule has 3 nitrogen and oxygen atoms in total. The van der Waals surface area contributed by atoms with Crippen LogP contribution in [0.2, 0.25) is 0 Å². The average molecular weight is 168 g/mol. The summed E-state index contributed by atoms with van der Waals surface area (Å²) in [5.41, 5.74) is 0. The Morgan fingerprint density at radius 2 is 2.50 bits per heavy atom. The number of hydrogen-bond donors (Lipinski definition) is 0. The fraction of sp³-hybridized carbons (Fsp3) is 0.375. The van der Waals surface area contributed by atoms with E-state index in [0.717, 1.165) is 6.54 Å².